The number of ether oxygens (including phenoxy) is 1. The summed E-state index contributed by atoms with van der Waals surface area (Å²) in [6.07, 6.45) is 0.0121. The quantitative estimate of drug-likeness (QED) is 0.435. The highest BCUT2D eigenvalue weighted by Crippen LogP contribution is 2.44. The van der Waals surface area contributed by atoms with Crippen LogP contribution in [0.4, 0.5) is 4.79 Å². The van der Waals surface area contributed by atoms with Crippen molar-refractivity contribution in [1.82, 2.24) is 9.62 Å². The van der Waals surface area contributed by atoms with Gasteiger partial charge in [-0.2, -0.15) is 4.31 Å². The largest absolute Gasteiger partial charge is 0.480 e. The molecule has 0 fully saturated rings. The van der Waals surface area contributed by atoms with Crippen LogP contribution >= 0.6 is 0 Å². The lowest BCUT2D eigenvalue weighted by atomic mass is 9.98. The number of carboxylic acids is 1. The molecule has 1 aliphatic carbocycles. The number of benzene rings is 2. The molecule has 196 valence electrons. The molecule has 0 heterocycles. The summed E-state index contributed by atoms with van der Waals surface area (Å²) in [6, 6.07) is 15.5. The van der Waals surface area contributed by atoms with Crippen LogP contribution in [0.2, 0.25) is 0 Å². The first-order valence-corrected chi connectivity index (χ1v) is 14.0. The second kappa shape index (κ2) is 11.9. The number of rotatable bonds is 12. The summed E-state index contributed by atoms with van der Waals surface area (Å²) in [5, 5.41) is 12.1. The molecule has 3 rings (SSSR count). The van der Waals surface area contributed by atoms with E-state index >= 15 is 0 Å². The first kappa shape index (κ1) is 27.7. The van der Waals surface area contributed by atoms with Crippen molar-refractivity contribution in [2.45, 2.75) is 46.1 Å². The Morgan fingerprint density at radius 2 is 1.58 bits per heavy atom. The van der Waals surface area contributed by atoms with Gasteiger partial charge in [0.1, 0.15) is 13.2 Å². The second-order valence-corrected chi connectivity index (χ2v) is 11.8. The molecule has 9 heteroatoms. The standard InChI is InChI=1S/C27H36N2O6S/c1-5-19(4)25(14-29(15-26(30)31)36(33,34)17-18(2)3)28-27(32)35-16-24-22-12-8-6-10-20(22)21-11-7-9-13-23(21)24/h6-13,18-19,24-25H,5,14-17H2,1-4H3,(H,28,32)(H,30,31)/t19-,25+/m0/s1. The third-order valence-electron chi connectivity index (χ3n) is 6.63. The predicted octanol–water partition coefficient (Wildman–Crippen LogP) is 4.31. The predicted molar refractivity (Wildman–Crippen MR) is 139 cm³/mol. The first-order chi connectivity index (χ1) is 17.0. The maximum Gasteiger partial charge on any atom is 0.407 e. The van der Waals surface area contributed by atoms with Crippen molar-refractivity contribution in [3.05, 3.63) is 59.7 Å². The van der Waals surface area contributed by atoms with E-state index in [1.807, 2.05) is 50.2 Å². The average Bonchev–Trinajstić information content (AvgIpc) is 3.14. The Kier molecular flexibility index (Phi) is 9.13. The first-order valence-electron chi connectivity index (χ1n) is 12.3. The van der Waals surface area contributed by atoms with Gasteiger partial charge in [0.05, 0.1) is 5.75 Å². The van der Waals surface area contributed by atoms with Gasteiger partial charge >= 0.3 is 12.1 Å². The van der Waals surface area contributed by atoms with Crippen LogP contribution in [0, 0.1) is 11.8 Å². The monoisotopic (exact) mass is 516 g/mol. The maximum atomic E-state index is 12.9. The van der Waals surface area contributed by atoms with Crippen molar-refractivity contribution in [1.29, 1.82) is 0 Å². The molecule has 1 amide bonds. The number of carbonyl (C=O) groups excluding carboxylic acids is 1. The Morgan fingerprint density at radius 1 is 1.03 bits per heavy atom. The van der Waals surface area contributed by atoms with E-state index in [-0.39, 0.29) is 36.7 Å². The summed E-state index contributed by atoms with van der Waals surface area (Å²) < 4.78 is 32.3. The fourth-order valence-corrected chi connectivity index (χ4v) is 6.37. The van der Waals surface area contributed by atoms with Crippen molar-refractivity contribution in [2.75, 3.05) is 25.4 Å². The highest BCUT2D eigenvalue weighted by atomic mass is 32.2. The third-order valence-corrected chi connectivity index (χ3v) is 8.78. The molecule has 36 heavy (non-hydrogen) atoms. The van der Waals surface area contributed by atoms with Gasteiger partial charge in [-0.1, -0.05) is 82.6 Å². The Hall–Kier alpha value is -2.91. The van der Waals surface area contributed by atoms with Crippen LogP contribution in [0.25, 0.3) is 11.1 Å². The third kappa shape index (κ3) is 6.64. The highest BCUT2D eigenvalue weighted by Gasteiger charge is 2.32. The fourth-order valence-electron chi connectivity index (χ4n) is 4.62. The molecular formula is C27H36N2O6S. The van der Waals surface area contributed by atoms with Gasteiger partial charge < -0.3 is 15.2 Å². The van der Waals surface area contributed by atoms with E-state index < -0.39 is 34.7 Å². The average molecular weight is 517 g/mol. The molecular weight excluding hydrogens is 480 g/mol. The number of hydrogen-bond acceptors (Lipinski definition) is 5. The van der Waals surface area contributed by atoms with Gasteiger partial charge in [0.25, 0.3) is 0 Å². The number of fused-ring (bicyclic) bond motifs is 3. The molecule has 1 aliphatic rings. The van der Waals surface area contributed by atoms with E-state index in [9.17, 15) is 23.1 Å². The molecule has 2 atom stereocenters. The van der Waals surface area contributed by atoms with Crippen molar-refractivity contribution in [3.63, 3.8) is 0 Å². The fraction of sp³-hybridized carbons (Fsp3) is 0.481. The van der Waals surface area contributed by atoms with Crippen LogP contribution < -0.4 is 5.32 Å². The number of hydrogen-bond donors (Lipinski definition) is 2. The number of aliphatic carboxylic acids is 1. The van der Waals surface area contributed by atoms with Crippen LogP contribution in [0.3, 0.4) is 0 Å². The zero-order chi connectivity index (χ0) is 26.5. The van der Waals surface area contributed by atoms with E-state index in [0.717, 1.165) is 26.6 Å². The van der Waals surface area contributed by atoms with E-state index in [1.165, 1.54) is 0 Å². The Labute approximate surface area is 213 Å². The number of sulfonamides is 1. The van der Waals surface area contributed by atoms with Crippen LogP contribution in [-0.4, -0.2) is 61.4 Å². The zero-order valence-electron chi connectivity index (χ0n) is 21.3. The van der Waals surface area contributed by atoms with Crippen molar-refractivity contribution < 1.29 is 27.9 Å². The minimum absolute atomic E-state index is 0.0971. The second-order valence-electron chi connectivity index (χ2n) is 9.82. The zero-order valence-corrected chi connectivity index (χ0v) is 22.1. The Balaban J connectivity index is 1.73. The molecule has 0 bridgehead atoms. The number of amides is 1. The molecule has 0 radical (unpaired) electrons. The lowest BCUT2D eigenvalue weighted by Gasteiger charge is -2.30. The summed E-state index contributed by atoms with van der Waals surface area (Å²) in [6.45, 7) is 6.69. The van der Waals surface area contributed by atoms with Gasteiger partial charge in [-0.15, -0.1) is 0 Å². The normalized spacial score (nSPS) is 14.8. The molecule has 2 N–H and O–H groups in total. The summed E-state index contributed by atoms with van der Waals surface area (Å²) in [5.41, 5.74) is 4.44. The molecule has 0 aromatic heterocycles. The molecule has 0 saturated carbocycles. The highest BCUT2D eigenvalue weighted by molar-refractivity contribution is 7.89. The van der Waals surface area contributed by atoms with Crippen LogP contribution in [0.1, 0.15) is 51.2 Å². The molecule has 8 nitrogen and oxygen atoms in total. The lowest BCUT2D eigenvalue weighted by molar-refractivity contribution is -0.137. The van der Waals surface area contributed by atoms with E-state index in [2.05, 4.69) is 17.4 Å². The number of nitrogens with one attached hydrogen (secondary N) is 1. The molecule has 0 saturated heterocycles. The van der Waals surface area contributed by atoms with Gasteiger partial charge in [-0.25, -0.2) is 13.2 Å². The Bertz CT molecular complexity index is 1130. The van der Waals surface area contributed by atoms with Gasteiger partial charge in [0, 0.05) is 18.5 Å². The minimum Gasteiger partial charge on any atom is -0.480 e. The molecule has 0 aliphatic heterocycles. The van der Waals surface area contributed by atoms with Gasteiger partial charge in [0.15, 0.2) is 0 Å². The van der Waals surface area contributed by atoms with Crippen molar-refractivity contribution >= 4 is 22.1 Å². The minimum atomic E-state index is -3.82. The number of carbonyl (C=O) groups is 2. The van der Waals surface area contributed by atoms with Gasteiger partial charge in [0.2, 0.25) is 10.0 Å². The summed E-state index contributed by atoms with van der Waals surface area (Å²) in [4.78, 5) is 24.3. The van der Waals surface area contributed by atoms with Crippen LogP contribution in [0.15, 0.2) is 48.5 Å². The van der Waals surface area contributed by atoms with Crippen LogP contribution in [-0.2, 0) is 19.6 Å². The SMILES string of the molecule is CC[C@H](C)[C@@H](CN(CC(=O)O)S(=O)(=O)CC(C)C)NC(=O)OCC1c2ccccc2-c2ccccc21. The summed E-state index contributed by atoms with van der Waals surface area (Å²) >= 11 is 0. The topological polar surface area (TPSA) is 113 Å². The smallest absolute Gasteiger partial charge is 0.407 e. The van der Waals surface area contributed by atoms with Crippen LogP contribution in [0.5, 0.6) is 0 Å². The van der Waals surface area contributed by atoms with Crippen molar-refractivity contribution in [2.24, 2.45) is 11.8 Å². The van der Waals surface area contributed by atoms with E-state index in [0.29, 0.717) is 6.42 Å². The number of alkyl carbamates (subject to hydrolysis) is 1. The van der Waals surface area contributed by atoms with Gasteiger partial charge in [-0.05, 0) is 34.1 Å². The molecule has 2 aromatic carbocycles. The summed E-state index contributed by atoms with van der Waals surface area (Å²) in [5.74, 6) is -1.77. The van der Waals surface area contributed by atoms with Crippen molar-refractivity contribution in [3.8, 4) is 11.1 Å². The molecule has 2 aromatic rings. The van der Waals surface area contributed by atoms with Gasteiger partial charge in [-0.3, -0.25) is 4.79 Å². The number of nitrogens with zero attached hydrogens (tertiary/aromatic N) is 1. The number of carboxylic acid groups (broad SMARTS) is 1. The van der Waals surface area contributed by atoms with E-state index in [1.54, 1.807) is 13.8 Å². The maximum absolute atomic E-state index is 12.9. The molecule has 0 spiro atoms. The Morgan fingerprint density at radius 3 is 2.08 bits per heavy atom. The van der Waals surface area contributed by atoms with E-state index in [4.69, 9.17) is 4.74 Å². The lowest BCUT2D eigenvalue weighted by Crippen LogP contribution is -2.51. The summed E-state index contributed by atoms with van der Waals surface area (Å²) in [7, 11) is -3.82. The molecule has 0 unspecified atom stereocenters.